The lowest BCUT2D eigenvalue weighted by Gasteiger charge is -2.29. The predicted octanol–water partition coefficient (Wildman–Crippen LogP) is 2.66. The van der Waals surface area contributed by atoms with E-state index in [1.807, 2.05) is 0 Å². The molecule has 0 spiro atoms. The van der Waals surface area contributed by atoms with Crippen molar-refractivity contribution in [3.8, 4) is 5.75 Å². The van der Waals surface area contributed by atoms with Crippen LogP contribution in [0.25, 0.3) is 0 Å². The number of halogens is 1. The molecular weight excluding hydrogens is 375 g/mol. The van der Waals surface area contributed by atoms with Crippen LogP contribution in [0, 0.1) is 12.7 Å². The van der Waals surface area contributed by atoms with E-state index < -0.39 is 5.82 Å². The number of ether oxygens (including phenoxy) is 1. The Balaban J connectivity index is 1.63. The third-order valence-corrected chi connectivity index (χ3v) is 5.12. The van der Waals surface area contributed by atoms with Crippen molar-refractivity contribution in [2.45, 2.75) is 32.9 Å². The van der Waals surface area contributed by atoms with Crippen molar-refractivity contribution in [3.63, 3.8) is 0 Å². The van der Waals surface area contributed by atoms with Crippen molar-refractivity contribution in [2.75, 3.05) is 24.6 Å². The summed E-state index contributed by atoms with van der Waals surface area (Å²) >= 11 is 0. The number of anilines is 1. The summed E-state index contributed by atoms with van der Waals surface area (Å²) in [5.41, 5.74) is 1.48. The molecule has 1 unspecified atom stereocenters. The molecule has 0 saturated carbocycles. The molecule has 7 heteroatoms. The smallest absolute Gasteiger partial charge is 0.260 e. The van der Waals surface area contributed by atoms with E-state index in [1.165, 1.54) is 11.8 Å². The van der Waals surface area contributed by atoms with Gasteiger partial charge in [0.25, 0.3) is 5.91 Å². The normalized spacial score (nSPS) is 16.0. The van der Waals surface area contributed by atoms with Crippen LogP contribution >= 0.6 is 0 Å². The van der Waals surface area contributed by atoms with Gasteiger partial charge in [-0.1, -0.05) is 24.3 Å². The van der Waals surface area contributed by atoms with Gasteiger partial charge < -0.3 is 19.6 Å². The van der Waals surface area contributed by atoms with Gasteiger partial charge >= 0.3 is 0 Å². The molecule has 0 aromatic heterocycles. The highest BCUT2D eigenvalue weighted by atomic mass is 19.1. The van der Waals surface area contributed by atoms with Gasteiger partial charge in [-0.05, 0) is 42.7 Å². The summed E-state index contributed by atoms with van der Waals surface area (Å²) in [7, 11) is 0. The topological polar surface area (TPSA) is 70.1 Å². The van der Waals surface area contributed by atoms with E-state index in [2.05, 4.69) is 0 Å². The zero-order chi connectivity index (χ0) is 21.0. The van der Waals surface area contributed by atoms with Gasteiger partial charge in [0.05, 0.1) is 18.3 Å². The molecule has 1 heterocycles. The number of likely N-dealkylation sites (tertiary alicyclic amines) is 1. The number of nitrogens with zero attached hydrogens (tertiary/aromatic N) is 2. The monoisotopic (exact) mass is 400 g/mol. The van der Waals surface area contributed by atoms with Crippen molar-refractivity contribution in [1.29, 1.82) is 0 Å². The van der Waals surface area contributed by atoms with Crippen LogP contribution in [0.3, 0.4) is 0 Å². The first-order chi connectivity index (χ1) is 13.9. The molecule has 154 valence electrons. The van der Waals surface area contributed by atoms with Crippen LogP contribution in [-0.2, 0) is 16.2 Å². The van der Waals surface area contributed by atoms with Crippen LogP contribution < -0.4 is 9.64 Å². The Kier molecular flexibility index (Phi) is 6.49. The highest BCUT2D eigenvalue weighted by Gasteiger charge is 2.34. The van der Waals surface area contributed by atoms with Crippen molar-refractivity contribution < 1.29 is 23.8 Å². The lowest BCUT2D eigenvalue weighted by atomic mass is 10.1. The molecule has 1 atom stereocenters. The second-order valence-corrected chi connectivity index (χ2v) is 7.17. The SMILES string of the molecule is CC(=O)N(c1cccc(C)c1F)C1CCN(C(=O)COc2ccc(CO)cc2)C1. The van der Waals surface area contributed by atoms with Crippen LogP contribution in [0.15, 0.2) is 42.5 Å². The molecule has 1 fully saturated rings. The van der Waals surface area contributed by atoms with E-state index in [0.717, 1.165) is 5.56 Å². The molecule has 3 rings (SSSR count). The summed E-state index contributed by atoms with van der Waals surface area (Å²) in [5.74, 6) is -0.318. The second-order valence-electron chi connectivity index (χ2n) is 7.17. The summed E-state index contributed by atoms with van der Waals surface area (Å²) in [6.45, 7) is 3.70. The number of aryl methyl sites for hydroxylation is 1. The number of aliphatic hydroxyl groups is 1. The van der Waals surface area contributed by atoms with Gasteiger partial charge in [0.2, 0.25) is 5.91 Å². The van der Waals surface area contributed by atoms with Gasteiger partial charge in [-0.3, -0.25) is 9.59 Å². The molecule has 1 saturated heterocycles. The highest BCUT2D eigenvalue weighted by molar-refractivity contribution is 5.92. The largest absolute Gasteiger partial charge is 0.484 e. The Labute approximate surface area is 169 Å². The second kappa shape index (κ2) is 9.05. The number of amides is 2. The third kappa shape index (κ3) is 4.74. The zero-order valence-electron chi connectivity index (χ0n) is 16.6. The zero-order valence-corrected chi connectivity index (χ0v) is 16.6. The highest BCUT2D eigenvalue weighted by Crippen LogP contribution is 2.28. The van der Waals surface area contributed by atoms with Crippen molar-refractivity contribution in [1.82, 2.24) is 4.90 Å². The fourth-order valence-corrected chi connectivity index (χ4v) is 3.55. The lowest BCUT2D eigenvalue weighted by molar-refractivity contribution is -0.132. The van der Waals surface area contributed by atoms with Gasteiger partial charge in [0.1, 0.15) is 11.6 Å². The van der Waals surface area contributed by atoms with E-state index in [1.54, 1.807) is 54.3 Å². The standard InChI is InChI=1S/C22H25FN2O4/c1-15-4-3-5-20(22(15)23)25(16(2)27)18-10-11-24(12-18)21(28)14-29-19-8-6-17(13-26)7-9-19/h3-9,18,26H,10-14H2,1-2H3. The molecule has 1 aliphatic rings. The summed E-state index contributed by atoms with van der Waals surface area (Å²) < 4.78 is 20.1. The van der Waals surface area contributed by atoms with Crippen LogP contribution in [0.1, 0.15) is 24.5 Å². The van der Waals surface area contributed by atoms with E-state index in [0.29, 0.717) is 30.8 Å². The van der Waals surface area contributed by atoms with Gasteiger partial charge in [0, 0.05) is 20.0 Å². The minimum absolute atomic E-state index is 0.0530. The van der Waals surface area contributed by atoms with Crippen molar-refractivity contribution in [3.05, 3.63) is 59.4 Å². The van der Waals surface area contributed by atoms with Crippen LogP contribution in [-0.4, -0.2) is 47.6 Å². The molecule has 6 nitrogen and oxygen atoms in total. The van der Waals surface area contributed by atoms with Gasteiger partial charge in [-0.2, -0.15) is 0 Å². The molecule has 0 aliphatic carbocycles. The van der Waals surface area contributed by atoms with E-state index >= 15 is 0 Å². The maximum absolute atomic E-state index is 14.6. The molecule has 0 bridgehead atoms. The number of hydrogen-bond acceptors (Lipinski definition) is 4. The average molecular weight is 400 g/mol. The number of hydrogen-bond donors (Lipinski definition) is 1. The maximum Gasteiger partial charge on any atom is 0.260 e. The first-order valence-corrected chi connectivity index (χ1v) is 9.56. The number of rotatable bonds is 6. The summed E-state index contributed by atoms with van der Waals surface area (Å²) in [6, 6.07) is 11.5. The predicted molar refractivity (Wildman–Crippen MR) is 107 cm³/mol. The van der Waals surface area contributed by atoms with Crippen LogP contribution in [0.5, 0.6) is 5.75 Å². The van der Waals surface area contributed by atoms with Gasteiger partial charge in [-0.25, -0.2) is 4.39 Å². The molecule has 2 amide bonds. The number of carbonyl (C=O) groups excluding carboxylic acids is 2. The third-order valence-electron chi connectivity index (χ3n) is 5.12. The summed E-state index contributed by atoms with van der Waals surface area (Å²) in [6.07, 6.45) is 0.573. The average Bonchev–Trinajstić information content (AvgIpc) is 3.19. The lowest BCUT2D eigenvalue weighted by Crippen LogP contribution is -2.43. The maximum atomic E-state index is 14.6. The number of benzene rings is 2. The molecule has 29 heavy (non-hydrogen) atoms. The first kappa shape index (κ1) is 20.8. The number of carbonyl (C=O) groups is 2. The Morgan fingerprint density at radius 1 is 1.24 bits per heavy atom. The van der Waals surface area contributed by atoms with Crippen LogP contribution in [0.2, 0.25) is 0 Å². The minimum atomic E-state index is -0.415. The summed E-state index contributed by atoms with van der Waals surface area (Å²) in [4.78, 5) is 27.9. The summed E-state index contributed by atoms with van der Waals surface area (Å²) in [5, 5.41) is 9.06. The molecular formula is C22H25FN2O4. The fourth-order valence-electron chi connectivity index (χ4n) is 3.55. The van der Waals surface area contributed by atoms with Gasteiger partial charge in [-0.15, -0.1) is 0 Å². The van der Waals surface area contributed by atoms with Crippen molar-refractivity contribution >= 4 is 17.5 Å². The van der Waals surface area contributed by atoms with E-state index in [9.17, 15) is 14.0 Å². The van der Waals surface area contributed by atoms with Gasteiger partial charge in [0.15, 0.2) is 6.61 Å². The molecule has 2 aromatic rings. The molecule has 1 N–H and O–H groups in total. The Morgan fingerprint density at radius 3 is 2.62 bits per heavy atom. The Bertz CT molecular complexity index is 885. The molecule has 0 radical (unpaired) electrons. The van der Waals surface area contributed by atoms with E-state index in [4.69, 9.17) is 9.84 Å². The molecule has 1 aliphatic heterocycles. The Morgan fingerprint density at radius 2 is 1.97 bits per heavy atom. The first-order valence-electron chi connectivity index (χ1n) is 9.56. The molecule has 2 aromatic carbocycles. The van der Waals surface area contributed by atoms with E-state index in [-0.39, 0.29) is 36.8 Å². The fraction of sp³-hybridized carbons (Fsp3) is 0.364. The minimum Gasteiger partial charge on any atom is -0.484 e. The van der Waals surface area contributed by atoms with Crippen molar-refractivity contribution in [2.24, 2.45) is 0 Å². The quantitative estimate of drug-likeness (QED) is 0.809. The Hall–Kier alpha value is -2.93. The number of aliphatic hydroxyl groups excluding tert-OH is 1. The van der Waals surface area contributed by atoms with Crippen LogP contribution in [0.4, 0.5) is 10.1 Å².